The summed E-state index contributed by atoms with van der Waals surface area (Å²) < 4.78 is 2.31. The molecule has 0 radical (unpaired) electrons. The molecular weight excluding hydrogens is 188 g/mol. The summed E-state index contributed by atoms with van der Waals surface area (Å²) in [5.41, 5.74) is 1.30. The number of hydrogen-bond acceptors (Lipinski definition) is 3. The summed E-state index contributed by atoms with van der Waals surface area (Å²) in [4.78, 5) is 6.68. The van der Waals surface area contributed by atoms with E-state index in [4.69, 9.17) is 0 Å². The van der Waals surface area contributed by atoms with Gasteiger partial charge in [-0.1, -0.05) is 13.8 Å². The van der Waals surface area contributed by atoms with Gasteiger partial charge in [-0.3, -0.25) is 0 Å². The highest BCUT2D eigenvalue weighted by Gasteiger charge is 2.20. The number of nitrogens with one attached hydrogen (secondary N) is 1. The quantitative estimate of drug-likeness (QED) is 0.797. The Hall–Kier alpha value is -0.870. The van der Waals surface area contributed by atoms with E-state index in [1.807, 2.05) is 12.5 Å². The minimum atomic E-state index is 0.538. The van der Waals surface area contributed by atoms with Gasteiger partial charge in [0, 0.05) is 25.8 Å². The average molecular weight is 208 g/mol. The van der Waals surface area contributed by atoms with E-state index in [2.05, 4.69) is 33.6 Å². The number of rotatable bonds is 4. The summed E-state index contributed by atoms with van der Waals surface area (Å²) in [5, 5.41) is 3.44. The number of imidazole rings is 1. The first-order chi connectivity index (χ1) is 7.35. The fraction of sp³-hybridized carbons (Fsp3) is 0.727. The standard InChI is InChI=1S/C11H20N4/c1-3-14(4-2)8-11-7-12-5-10-6-13-9-15(10)11/h6,9,11-12H,3-5,7-8H2,1-2H3/t11-/m1/s1. The predicted octanol–water partition coefficient (Wildman–Crippen LogP) is 0.869. The zero-order valence-electron chi connectivity index (χ0n) is 9.61. The number of hydrogen-bond donors (Lipinski definition) is 1. The van der Waals surface area contributed by atoms with Crippen molar-refractivity contribution in [3.8, 4) is 0 Å². The van der Waals surface area contributed by atoms with Crippen LogP contribution in [0.3, 0.4) is 0 Å². The van der Waals surface area contributed by atoms with Crippen molar-refractivity contribution in [1.29, 1.82) is 0 Å². The van der Waals surface area contributed by atoms with Crippen molar-refractivity contribution in [2.45, 2.75) is 26.4 Å². The second-order valence-electron chi connectivity index (χ2n) is 4.06. The molecule has 0 saturated heterocycles. The van der Waals surface area contributed by atoms with Gasteiger partial charge in [-0.05, 0) is 13.1 Å². The summed E-state index contributed by atoms with van der Waals surface area (Å²) in [6, 6.07) is 0.538. The monoisotopic (exact) mass is 208 g/mol. The van der Waals surface area contributed by atoms with Crippen molar-refractivity contribution in [3.05, 3.63) is 18.2 Å². The first-order valence-electron chi connectivity index (χ1n) is 5.79. The Kier molecular flexibility index (Phi) is 3.38. The summed E-state index contributed by atoms with van der Waals surface area (Å²) in [6.45, 7) is 9.80. The van der Waals surface area contributed by atoms with Crippen molar-refractivity contribution in [2.75, 3.05) is 26.2 Å². The van der Waals surface area contributed by atoms with Gasteiger partial charge >= 0.3 is 0 Å². The highest BCUT2D eigenvalue weighted by Crippen LogP contribution is 2.15. The van der Waals surface area contributed by atoms with Crippen LogP contribution in [0.5, 0.6) is 0 Å². The van der Waals surface area contributed by atoms with E-state index in [0.717, 1.165) is 32.7 Å². The third kappa shape index (κ3) is 2.21. The molecule has 15 heavy (non-hydrogen) atoms. The van der Waals surface area contributed by atoms with Crippen LogP contribution >= 0.6 is 0 Å². The summed E-state index contributed by atoms with van der Waals surface area (Å²) >= 11 is 0. The van der Waals surface area contributed by atoms with Gasteiger partial charge in [0.05, 0.1) is 18.1 Å². The fourth-order valence-electron chi connectivity index (χ4n) is 2.20. The van der Waals surface area contributed by atoms with Crippen molar-refractivity contribution >= 4 is 0 Å². The Morgan fingerprint density at radius 3 is 3.07 bits per heavy atom. The molecule has 1 aliphatic rings. The molecule has 1 aromatic rings. The molecular formula is C11H20N4. The zero-order chi connectivity index (χ0) is 10.7. The first kappa shape index (κ1) is 10.6. The van der Waals surface area contributed by atoms with Crippen molar-refractivity contribution < 1.29 is 0 Å². The van der Waals surface area contributed by atoms with Crippen LogP contribution in [0.4, 0.5) is 0 Å². The van der Waals surface area contributed by atoms with Crippen LogP contribution in [0.15, 0.2) is 12.5 Å². The maximum absolute atomic E-state index is 4.22. The highest BCUT2D eigenvalue weighted by molar-refractivity contribution is 5.03. The van der Waals surface area contributed by atoms with Crippen molar-refractivity contribution in [1.82, 2.24) is 19.8 Å². The molecule has 2 heterocycles. The molecule has 4 heteroatoms. The van der Waals surface area contributed by atoms with E-state index < -0.39 is 0 Å². The highest BCUT2D eigenvalue weighted by atomic mass is 15.2. The van der Waals surface area contributed by atoms with Gasteiger partial charge in [0.15, 0.2) is 0 Å². The SMILES string of the molecule is CCN(CC)C[C@H]1CNCc2cncn21. The Morgan fingerprint density at radius 2 is 2.33 bits per heavy atom. The largest absolute Gasteiger partial charge is 0.328 e. The molecule has 1 N–H and O–H groups in total. The lowest BCUT2D eigenvalue weighted by Crippen LogP contribution is -2.40. The third-order valence-corrected chi connectivity index (χ3v) is 3.19. The van der Waals surface area contributed by atoms with Gasteiger partial charge < -0.3 is 14.8 Å². The van der Waals surface area contributed by atoms with Crippen LogP contribution in [-0.4, -0.2) is 40.6 Å². The zero-order valence-corrected chi connectivity index (χ0v) is 9.61. The van der Waals surface area contributed by atoms with Crippen LogP contribution in [-0.2, 0) is 6.54 Å². The Balaban J connectivity index is 2.06. The van der Waals surface area contributed by atoms with E-state index in [0.29, 0.717) is 6.04 Å². The normalized spacial score (nSPS) is 20.6. The van der Waals surface area contributed by atoms with E-state index in [1.165, 1.54) is 5.69 Å². The number of nitrogens with zero attached hydrogens (tertiary/aromatic N) is 3. The fourth-order valence-corrected chi connectivity index (χ4v) is 2.20. The third-order valence-electron chi connectivity index (χ3n) is 3.19. The molecule has 0 unspecified atom stereocenters. The van der Waals surface area contributed by atoms with Crippen molar-refractivity contribution in [3.63, 3.8) is 0 Å². The number of aromatic nitrogens is 2. The molecule has 0 aliphatic carbocycles. The lowest BCUT2D eigenvalue weighted by molar-refractivity contribution is 0.236. The molecule has 4 nitrogen and oxygen atoms in total. The molecule has 0 aromatic carbocycles. The molecule has 0 amide bonds. The Morgan fingerprint density at radius 1 is 1.53 bits per heavy atom. The molecule has 0 saturated carbocycles. The topological polar surface area (TPSA) is 33.1 Å². The predicted molar refractivity (Wildman–Crippen MR) is 60.8 cm³/mol. The maximum Gasteiger partial charge on any atom is 0.0952 e. The minimum absolute atomic E-state index is 0.538. The minimum Gasteiger partial charge on any atom is -0.328 e. The van der Waals surface area contributed by atoms with Gasteiger partial charge in [-0.25, -0.2) is 4.98 Å². The van der Waals surface area contributed by atoms with Crippen LogP contribution in [0.1, 0.15) is 25.6 Å². The van der Waals surface area contributed by atoms with Crippen LogP contribution < -0.4 is 5.32 Å². The summed E-state index contributed by atoms with van der Waals surface area (Å²) in [6.07, 6.45) is 3.92. The molecule has 1 aromatic heterocycles. The summed E-state index contributed by atoms with van der Waals surface area (Å²) in [5.74, 6) is 0. The van der Waals surface area contributed by atoms with E-state index >= 15 is 0 Å². The van der Waals surface area contributed by atoms with Gasteiger partial charge in [0.2, 0.25) is 0 Å². The van der Waals surface area contributed by atoms with E-state index in [-0.39, 0.29) is 0 Å². The number of fused-ring (bicyclic) bond motifs is 1. The smallest absolute Gasteiger partial charge is 0.0952 e. The van der Waals surface area contributed by atoms with Gasteiger partial charge in [-0.2, -0.15) is 0 Å². The Labute approximate surface area is 91.3 Å². The molecule has 84 valence electrons. The van der Waals surface area contributed by atoms with E-state index in [9.17, 15) is 0 Å². The molecule has 1 aliphatic heterocycles. The van der Waals surface area contributed by atoms with Crippen LogP contribution in [0.25, 0.3) is 0 Å². The molecule has 0 spiro atoms. The van der Waals surface area contributed by atoms with E-state index in [1.54, 1.807) is 0 Å². The molecule has 2 rings (SSSR count). The van der Waals surface area contributed by atoms with Gasteiger partial charge in [0.1, 0.15) is 0 Å². The molecule has 0 fully saturated rings. The second-order valence-corrected chi connectivity index (χ2v) is 4.06. The lowest BCUT2D eigenvalue weighted by Gasteiger charge is -2.30. The average Bonchev–Trinajstić information content (AvgIpc) is 2.74. The lowest BCUT2D eigenvalue weighted by atomic mass is 10.2. The van der Waals surface area contributed by atoms with Gasteiger partial charge in [0.25, 0.3) is 0 Å². The maximum atomic E-state index is 4.22. The first-order valence-corrected chi connectivity index (χ1v) is 5.79. The molecule has 1 atom stereocenters. The van der Waals surface area contributed by atoms with Crippen molar-refractivity contribution in [2.24, 2.45) is 0 Å². The second kappa shape index (κ2) is 4.77. The number of likely N-dealkylation sites (N-methyl/N-ethyl adjacent to an activating group) is 1. The van der Waals surface area contributed by atoms with Crippen LogP contribution in [0, 0.1) is 0 Å². The van der Waals surface area contributed by atoms with Gasteiger partial charge in [-0.15, -0.1) is 0 Å². The molecule has 0 bridgehead atoms. The van der Waals surface area contributed by atoms with Crippen LogP contribution in [0.2, 0.25) is 0 Å². The Bertz CT molecular complexity index is 303. The summed E-state index contributed by atoms with van der Waals surface area (Å²) in [7, 11) is 0.